The van der Waals surface area contributed by atoms with E-state index in [0.29, 0.717) is 12.8 Å². The Morgan fingerprint density at radius 3 is 3.00 bits per heavy atom. The van der Waals surface area contributed by atoms with Gasteiger partial charge in [-0.15, -0.1) is 0 Å². The molecular formula is C14H19N3O3. The van der Waals surface area contributed by atoms with Crippen LogP contribution >= 0.6 is 0 Å². The van der Waals surface area contributed by atoms with Crippen LogP contribution in [-0.2, 0) is 11.2 Å². The minimum Gasteiger partial charge on any atom is -0.480 e. The van der Waals surface area contributed by atoms with Crippen LogP contribution in [0.2, 0.25) is 0 Å². The molecule has 2 unspecified atom stereocenters. The number of para-hydroxylation sites is 1. The Bertz CT molecular complexity index is 491. The van der Waals surface area contributed by atoms with Crippen molar-refractivity contribution in [2.45, 2.75) is 38.3 Å². The molecule has 1 amide bonds. The number of amides is 1. The number of hydrogen-bond acceptors (Lipinski definition) is 4. The molecule has 1 heterocycles. The maximum atomic E-state index is 12.2. The highest BCUT2D eigenvalue weighted by Gasteiger charge is 2.30. The van der Waals surface area contributed by atoms with Gasteiger partial charge < -0.3 is 21.0 Å². The van der Waals surface area contributed by atoms with Crippen molar-refractivity contribution in [2.75, 3.05) is 0 Å². The third-order valence-electron chi connectivity index (χ3n) is 3.31. The van der Waals surface area contributed by atoms with E-state index in [4.69, 9.17) is 15.7 Å². The molecule has 1 aromatic rings. The van der Waals surface area contributed by atoms with Crippen molar-refractivity contribution in [3.63, 3.8) is 0 Å². The number of nitrogens with one attached hydrogen (secondary N) is 1. The van der Waals surface area contributed by atoms with Crippen LogP contribution in [0.15, 0.2) is 29.4 Å². The number of ether oxygens (including phenoxy) is 1. The summed E-state index contributed by atoms with van der Waals surface area (Å²) in [6, 6.07) is 7.10. The molecule has 2 atom stereocenters. The average molecular weight is 277 g/mol. The lowest BCUT2D eigenvalue weighted by Crippen LogP contribution is -2.49. The Morgan fingerprint density at radius 2 is 2.35 bits per heavy atom. The van der Waals surface area contributed by atoms with Gasteiger partial charge in [0, 0.05) is 6.42 Å². The van der Waals surface area contributed by atoms with Gasteiger partial charge in [0.05, 0.1) is 6.04 Å². The summed E-state index contributed by atoms with van der Waals surface area (Å²) >= 11 is 0. The van der Waals surface area contributed by atoms with E-state index >= 15 is 0 Å². The molecule has 0 bridgehead atoms. The van der Waals surface area contributed by atoms with Crippen LogP contribution in [0.25, 0.3) is 0 Å². The molecule has 1 aliphatic rings. The number of fused-ring (bicyclic) bond motifs is 1. The predicted molar refractivity (Wildman–Crippen MR) is 74.8 cm³/mol. The second-order valence-corrected chi connectivity index (χ2v) is 4.79. The SMILES string of the molecule is CCCC(NC(=O)C1Cc2ccccc2O1)/C(N)=N/O. The summed E-state index contributed by atoms with van der Waals surface area (Å²) in [6.07, 6.45) is 1.41. The van der Waals surface area contributed by atoms with Crippen molar-refractivity contribution in [1.82, 2.24) is 5.32 Å². The van der Waals surface area contributed by atoms with Gasteiger partial charge in [-0.1, -0.05) is 36.7 Å². The maximum Gasteiger partial charge on any atom is 0.262 e. The summed E-state index contributed by atoms with van der Waals surface area (Å²) < 4.78 is 5.61. The molecular weight excluding hydrogens is 258 g/mol. The van der Waals surface area contributed by atoms with Gasteiger partial charge >= 0.3 is 0 Å². The van der Waals surface area contributed by atoms with Crippen molar-refractivity contribution >= 4 is 11.7 Å². The fraction of sp³-hybridized carbons (Fsp3) is 0.429. The Labute approximate surface area is 117 Å². The van der Waals surface area contributed by atoms with Crippen LogP contribution in [0.4, 0.5) is 0 Å². The first-order valence-electron chi connectivity index (χ1n) is 6.68. The van der Waals surface area contributed by atoms with E-state index in [9.17, 15) is 4.79 Å². The molecule has 20 heavy (non-hydrogen) atoms. The highest BCUT2D eigenvalue weighted by molar-refractivity contribution is 5.91. The molecule has 1 aromatic carbocycles. The third-order valence-corrected chi connectivity index (χ3v) is 3.31. The Balaban J connectivity index is 1.99. The predicted octanol–water partition coefficient (Wildman–Crippen LogP) is 1.02. The zero-order valence-corrected chi connectivity index (χ0v) is 11.4. The zero-order valence-electron chi connectivity index (χ0n) is 11.4. The normalized spacial score (nSPS) is 19.1. The summed E-state index contributed by atoms with van der Waals surface area (Å²) in [5.41, 5.74) is 6.60. The molecule has 108 valence electrons. The summed E-state index contributed by atoms with van der Waals surface area (Å²) in [5.74, 6) is 0.505. The van der Waals surface area contributed by atoms with Gasteiger partial charge in [-0.2, -0.15) is 0 Å². The van der Waals surface area contributed by atoms with Crippen molar-refractivity contribution in [3.05, 3.63) is 29.8 Å². The van der Waals surface area contributed by atoms with Crippen molar-refractivity contribution in [3.8, 4) is 5.75 Å². The van der Waals surface area contributed by atoms with Gasteiger partial charge in [0.15, 0.2) is 11.9 Å². The fourth-order valence-corrected chi connectivity index (χ4v) is 2.25. The lowest BCUT2D eigenvalue weighted by Gasteiger charge is -2.19. The van der Waals surface area contributed by atoms with Crippen LogP contribution in [0.1, 0.15) is 25.3 Å². The van der Waals surface area contributed by atoms with E-state index in [1.807, 2.05) is 31.2 Å². The molecule has 0 spiro atoms. The van der Waals surface area contributed by atoms with Crippen molar-refractivity contribution < 1.29 is 14.7 Å². The number of nitrogens with zero attached hydrogens (tertiary/aromatic N) is 1. The average Bonchev–Trinajstić information content (AvgIpc) is 2.90. The Kier molecular flexibility index (Phi) is 4.45. The van der Waals surface area contributed by atoms with Gasteiger partial charge in [0.1, 0.15) is 5.75 Å². The number of hydrogen-bond donors (Lipinski definition) is 3. The number of rotatable bonds is 5. The summed E-state index contributed by atoms with van der Waals surface area (Å²) in [6.45, 7) is 1.96. The number of nitrogens with two attached hydrogens (primary N) is 1. The van der Waals surface area contributed by atoms with E-state index in [-0.39, 0.29) is 11.7 Å². The molecule has 0 radical (unpaired) electrons. The van der Waals surface area contributed by atoms with Crippen LogP contribution < -0.4 is 15.8 Å². The summed E-state index contributed by atoms with van der Waals surface area (Å²) in [7, 11) is 0. The molecule has 0 fully saturated rings. The highest BCUT2D eigenvalue weighted by Crippen LogP contribution is 2.28. The molecule has 0 saturated heterocycles. The Morgan fingerprint density at radius 1 is 1.60 bits per heavy atom. The van der Waals surface area contributed by atoms with E-state index in [1.165, 1.54) is 0 Å². The van der Waals surface area contributed by atoms with Gasteiger partial charge in [-0.05, 0) is 18.1 Å². The molecule has 0 aromatic heterocycles. The summed E-state index contributed by atoms with van der Waals surface area (Å²) in [4.78, 5) is 12.2. The topological polar surface area (TPSA) is 96.9 Å². The minimum absolute atomic E-state index is 0.00992. The second kappa shape index (κ2) is 6.27. The van der Waals surface area contributed by atoms with Crippen LogP contribution in [-0.4, -0.2) is 29.1 Å². The molecule has 6 nitrogen and oxygen atoms in total. The maximum absolute atomic E-state index is 12.2. The number of amidine groups is 1. The lowest BCUT2D eigenvalue weighted by atomic mass is 10.1. The minimum atomic E-state index is -0.557. The van der Waals surface area contributed by atoms with E-state index in [0.717, 1.165) is 17.7 Å². The first-order valence-corrected chi connectivity index (χ1v) is 6.68. The smallest absolute Gasteiger partial charge is 0.262 e. The highest BCUT2D eigenvalue weighted by atomic mass is 16.5. The first-order chi connectivity index (χ1) is 9.65. The number of benzene rings is 1. The van der Waals surface area contributed by atoms with Gasteiger partial charge in [-0.3, -0.25) is 4.79 Å². The number of carbonyl (C=O) groups excluding carboxylic acids is 1. The van der Waals surface area contributed by atoms with Crippen LogP contribution in [0.3, 0.4) is 0 Å². The van der Waals surface area contributed by atoms with E-state index < -0.39 is 12.1 Å². The van der Waals surface area contributed by atoms with Crippen LogP contribution in [0.5, 0.6) is 5.75 Å². The second-order valence-electron chi connectivity index (χ2n) is 4.79. The molecule has 4 N–H and O–H groups in total. The zero-order chi connectivity index (χ0) is 14.5. The fourth-order valence-electron chi connectivity index (χ4n) is 2.25. The quantitative estimate of drug-likeness (QED) is 0.324. The lowest BCUT2D eigenvalue weighted by molar-refractivity contribution is -0.127. The number of carbonyl (C=O) groups is 1. The Hall–Kier alpha value is -2.24. The van der Waals surface area contributed by atoms with E-state index in [1.54, 1.807) is 0 Å². The largest absolute Gasteiger partial charge is 0.480 e. The standard InChI is InChI=1S/C14H19N3O3/c1-2-5-10(13(15)17-19)16-14(18)12-8-9-6-3-4-7-11(9)20-12/h3-4,6-7,10,12,19H,2,5,8H2,1H3,(H2,15,17)(H,16,18). The van der Waals surface area contributed by atoms with Gasteiger partial charge in [0.2, 0.25) is 0 Å². The third kappa shape index (κ3) is 3.01. The van der Waals surface area contributed by atoms with Crippen molar-refractivity contribution in [1.29, 1.82) is 0 Å². The van der Waals surface area contributed by atoms with E-state index in [2.05, 4.69) is 10.5 Å². The molecule has 1 aliphatic heterocycles. The number of oxime groups is 1. The van der Waals surface area contributed by atoms with Crippen molar-refractivity contribution in [2.24, 2.45) is 10.9 Å². The molecule has 0 aliphatic carbocycles. The van der Waals surface area contributed by atoms with Gasteiger partial charge in [0.25, 0.3) is 5.91 Å². The molecule has 2 rings (SSSR count). The monoisotopic (exact) mass is 277 g/mol. The first kappa shape index (κ1) is 14.2. The molecule has 6 heteroatoms. The summed E-state index contributed by atoms with van der Waals surface area (Å²) in [5, 5.41) is 14.5. The molecule has 0 saturated carbocycles. The van der Waals surface area contributed by atoms with Crippen LogP contribution in [0, 0.1) is 0 Å². The van der Waals surface area contributed by atoms with Gasteiger partial charge in [-0.25, -0.2) is 0 Å².